The van der Waals surface area contributed by atoms with Crippen LogP contribution >= 0.6 is 0 Å². The predicted molar refractivity (Wildman–Crippen MR) is 93.0 cm³/mol. The van der Waals surface area contributed by atoms with Crippen LogP contribution in [0.5, 0.6) is 5.75 Å². The van der Waals surface area contributed by atoms with Gasteiger partial charge in [0.25, 0.3) is 0 Å². The number of nitrogens with zero attached hydrogens (tertiary/aromatic N) is 3. The number of imidazole rings is 1. The highest BCUT2D eigenvalue weighted by Gasteiger charge is 2.18. The van der Waals surface area contributed by atoms with E-state index >= 15 is 0 Å². The number of benzene rings is 1. The molecule has 1 aromatic carbocycles. The minimum atomic E-state index is 0. The SMILES string of the molecule is COc1cc[n+](-c2nc3ccc(-n4cccc4)cc3[nH]2)c(C)c1C.[Cl-]. The summed E-state index contributed by atoms with van der Waals surface area (Å²) in [4.78, 5) is 8.14. The molecule has 0 unspecified atom stereocenters. The van der Waals surface area contributed by atoms with Crippen LogP contribution in [0.3, 0.4) is 0 Å². The van der Waals surface area contributed by atoms with E-state index in [0.717, 1.165) is 39.7 Å². The molecule has 5 nitrogen and oxygen atoms in total. The number of hydrogen-bond acceptors (Lipinski definition) is 2. The summed E-state index contributed by atoms with van der Waals surface area (Å²) in [5, 5.41) is 0. The van der Waals surface area contributed by atoms with Crippen molar-refractivity contribution in [1.29, 1.82) is 0 Å². The van der Waals surface area contributed by atoms with Gasteiger partial charge in [-0.1, -0.05) is 4.98 Å². The summed E-state index contributed by atoms with van der Waals surface area (Å²) in [5.74, 6) is 1.69. The lowest BCUT2D eigenvalue weighted by molar-refractivity contribution is -0.610. The molecule has 0 aliphatic carbocycles. The number of methoxy groups -OCH3 is 1. The van der Waals surface area contributed by atoms with Gasteiger partial charge in [-0.05, 0) is 38.1 Å². The van der Waals surface area contributed by atoms with Gasteiger partial charge in [0.15, 0.2) is 5.52 Å². The molecule has 0 atom stereocenters. The quantitative estimate of drug-likeness (QED) is 0.536. The Balaban J connectivity index is 0.00000182. The number of pyridine rings is 1. The summed E-state index contributed by atoms with van der Waals surface area (Å²) in [7, 11) is 1.69. The maximum Gasteiger partial charge on any atom is 0.402 e. The standard InChI is InChI=1S/C19H19N4O.ClH/c1-13-14(2)23(11-8-18(13)24-3)19-20-16-7-6-15(12-17(16)21-19)22-9-4-5-10-22;/h4-12H,1-3H3,(H,20,21);1H/q+1;/p-1. The minimum Gasteiger partial charge on any atom is -1.00 e. The first kappa shape index (κ1) is 17.0. The highest BCUT2D eigenvalue weighted by atomic mass is 35.5. The second kappa shape index (κ2) is 6.61. The average molecular weight is 355 g/mol. The molecule has 0 aliphatic heterocycles. The van der Waals surface area contributed by atoms with E-state index in [0.29, 0.717) is 0 Å². The van der Waals surface area contributed by atoms with Gasteiger partial charge in [0.1, 0.15) is 11.3 Å². The highest BCUT2D eigenvalue weighted by Crippen LogP contribution is 2.20. The van der Waals surface area contributed by atoms with Gasteiger partial charge >= 0.3 is 5.95 Å². The summed E-state index contributed by atoms with van der Waals surface area (Å²) >= 11 is 0. The summed E-state index contributed by atoms with van der Waals surface area (Å²) in [6.45, 7) is 4.12. The van der Waals surface area contributed by atoms with Crippen LogP contribution in [0.4, 0.5) is 0 Å². The molecule has 0 radical (unpaired) electrons. The highest BCUT2D eigenvalue weighted by molar-refractivity contribution is 5.78. The van der Waals surface area contributed by atoms with Crippen LogP contribution < -0.4 is 21.7 Å². The fraction of sp³-hybridized carbons (Fsp3) is 0.158. The van der Waals surface area contributed by atoms with E-state index in [1.807, 2.05) is 47.4 Å². The Hall–Kier alpha value is -2.79. The first-order chi connectivity index (χ1) is 11.7. The van der Waals surface area contributed by atoms with E-state index in [-0.39, 0.29) is 12.4 Å². The molecule has 0 bridgehead atoms. The van der Waals surface area contributed by atoms with Crippen LogP contribution in [-0.4, -0.2) is 21.6 Å². The van der Waals surface area contributed by atoms with E-state index < -0.39 is 0 Å². The third-order valence-corrected chi connectivity index (χ3v) is 4.45. The molecule has 0 aliphatic rings. The van der Waals surface area contributed by atoms with Crippen molar-refractivity contribution in [3.05, 3.63) is 66.2 Å². The van der Waals surface area contributed by atoms with Crippen LogP contribution in [-0.2, 0) is 0 Å². The van der Waals surface area contributed by atoms with Crippen molar-refractivity contribution in [1.82, 2.24) is 14.5 Å². The molecule has 25 heavy (non-hydrogen) atoms. The van der Waals surface area contributed by atoms with Crippen molar-refractivity contribution >= 4 is 11.0 Å². The maximum absolute atomic E-state index is 5.39. The van der Waals surface area contributed by atoms with Crippen LogP contribution in [0.2, 0.25) is 0 Å². The van der Waals surface area contributed by atoms with E-state index in [1.165, 1.54) is 0 Å². The molecule has 1 N–H and O–H groups in total. The zero-order valence-corrected chi connectivity index (χ0v) is 15.1. The number of hydrogen-bond donors (Lipinski definition) is 1. The lowest BCUT2D eigenvalue weighted by Crippen LogP contribution is -3.00. The number of ether oxygens (including phenoxy) is 1. The van der Waals surface area contributed by atoms with Gasteiger partial charge in [-0.3, -0.25) is 0 Å². The summed E-state index contributed by atoms with van der Waals surface area (Å²) in [6, 6.07) is 12.2. The number of rotatable bonds is 3. The van der Waals surface area contributed by atoms with Crippen molar-refractivity contribution in [3.8, 4) is 17.4 Å². The van der Waals surface area contributed by atoms with Gasteiger partial charge in [-0.2, -0.15) is 0 Å². The largest absolute Gasteiger partial charge is 1.00 e. The Bertz CT molecular complexity index is 1020. The molecule has 4 aromatic rings. The van der Waals surface area contributed by atoms with Crippen LogP contribution in [0.1, 0.15) is 11.3 Å². The van der Waals surface area contributed by atoms with E-state index in [9.17, 15) is 0 Å². The normalized spacial score (nSPS) is 10.7. The maximum atomic E-state index is 5.39. The Labute approximate surface area is 152 Å². The van der Waals surface area contributed by atoms with Gasteiger partial charge in [0.2, 0.25) is 0 Å². The topological polar surface area (TPSA) is 46.7 Å². The third-order valence-electron chi connectivity index (χ3n) is 4.45. The van der Waals surface area contributed by atoms with Gasteiger partial charge in [-0.15, -0.1) is 0 Å². The predicted octanol–water partition coefficient (Wildman–Crippen LogP) is 0.260. The first-order valence-corrected chi connectivity index (χ1v) is 7.87. The number of nitrogens with one attached hydrogen (secondary N) is 1. The van der Waals surface area contributed by atoms with Crippen LogP contribution in [0.15, 0.2) is 55.0 Å². The molecule has 0 amide bonds. The van der Waals surface area contributed by atoms with Gasteiger partial charge < -0.3 is 21.7 Å². The zero-order chi connectivity index (χ0) is 16.7. The van der Waals surface area contributed by atoms with Crippen molar-refractivity contribution in [3.63, 3.8) is 0 Å². The number of fused-ring (bicyclic) bond motifs is 1. The van der Waals surface area contributed by atoms with Crippen molar-refractivity contribution in [2.45, 2.75) is 13.8 Å². The molecule has 128 valence electrons. The number of aromatic amines is 1. The van der Waals surface area contributed by atoms with Gasteiger partial charge in [0.05, 0.1) is 19.0 Å². The fourth-order valence-corrected chi connectivity index (χ4v) is 2.95. The summed E-state index contributed by atoms with van der Waals surface area (Å²) in [6.07, 6.45) is 6.04. The Morgan fingerprint density at radius 3 is 2.60 bits per heavy atom. The molecule has 0 fully saturated rings. The zero-order valence-electron chi connectivity index (χ0n) is 14.3. The smallest absolute Gasteiger partial charge is 0.402 e. The molecule has 0 spiro atoms. The van der Waals surface area contributed by atoms with Gasteiger partial charge in [-0.25, -0.2) is 9.55 Å². The lowest BCUT2D eigenvalue weighted by Gasteiger charge is -2.08. The van der Waals surface area contributed by atoms with E-state index in [1.54, 1.807) is 7.11 Å². The van der Waals surface area contributed by atoms with Crippen LogP contribution in [0, 0.1) is 13.8 Å². The van der Waals surface area contributed by atoms with E-state index in [2.05, 4.69) is 35.5 Å². The second-order valence-electron chi connectivity index (χ2n) is 5.82. The Kier molecular flexibility index (Phi) is 4.51. The molecule has 3 aromatic heterocycles. The number of halogens is 1. The fourth-order valence-electron chi connectivity index (χ4n) is 2.95. The minimum absolute atomic E-state index is 0. The van der Waals surface area contributed by atoms with Crippen molar-refractivity contribution < 1.29 is 21.7 Å². The van der Waals surface area contributed by atoms with Crippen LogP contribution in [0.25, 0.3) is 22.7 Å². The molecule has 0 saturated heterocycles. The molecule has 0 saturated carbocycles. The third kappa shape index (κ3) is 2.87. The summed E-state index contributed by atoms with van der Waals surface area (Å²) in [5.41, 5.74) is 5.26. The first-order valence-electron chi connectivity index (χ1n) is 7.87. The second-order valence-corrected chi connectivity index (χ2v) is 5.82. The number of aromatic nitrogens is 4. The van der Waals surface area contributed by atoms with Gasteiger partial charge in [0, 0.05) is 35.8 Å². The number of H-pyrrole nitrogens is 1. The lowest BCUT2D eigenvalue weighted by atomic mass is 10.2. The molecular formula is C19H19ClN4O. The van der Waals surface area contributed by atoms with Crippen molar-refractivity contribution in [2.75, 3.05) is 7.11 Å². The molecule has 4 rings (SSSR count). The Morgan fingerprint density at radius 2 is 1.88 bits per heavy atom. The molecule has 6 heteroatoms. The average Bonchev–Trinajstić information content (AvgIpc) is 3.25. The molecule has 3 heterocycles. The molecular weight excluding hydrogens is 336 g/mol. The van der Waals surface area contributed by atoms with Crippen molar-refractivity contribution in [2.24, 2.45) is 0 Å². The summed E-state index contributed by atoms with van der Waals surface area (Å²) < 4.78 is 9.51. The Morgan fingerprint density at radius 1 is 1.12 bits per heavy atom. The monoisotopic (exact) mass is 354 g/mol. The van der Waals surface area contributed by atoms with E-state index in [4.69, 9.17) is 9.72 Å².